The molecule has 2 unspecified atom stereocenters. The molecule has 30 heavy (non-hydrogen) atoms. The first-order valence-corrected chi connectivity index (χ1v) is 15.3. The Kier molecular flexibility index (Phi) is 5.24. The van der Waals surface area contributed by atoms with E-state index in [1.165, 1.54) is 33.6 Å². The number of aryl methyl sites for hydroxylation is 1. The van der Waals surface area contributed by atoms with Crippen LogP contribution in [0.1, 0.15) is 17.6 Å². The highest BCUT2D eigenvalue weighted by atomic mass is 79.9. The molecular weight excluding hydrogens is 720 g/mol. The van der Waals surface area contributed by atoms with Crippen molar-refractivity contribution in [2.45, 2.75) is 25.2 Å². The Morgan fingerprint density at radius 3 is 2.23 bits per heavy atom. The number of furan rings is 1. The first-order chi connectivity index (χ1) is 14.3. The quantitative estimate of drug-likeness (QED) is 0.205. The molecule has 0 aromatic carbocycles. The van der Waals surface area contributed by atoms with Crippen molar-refractivity contribution >= 4 is 134 Å². The molecule has 4 aromatic rings. The van der Waals surface area contributed by atoms with Crippen LogP contribution in [0.3, 0.4) is 0 Å². The zero-order valence-corrected chi connectivity index (χ0v) is 24.9. The number of ether oxygens (including phenoxy) is 1. The van der Waals surface area contributed by atoms with E-state index in [4.69, 9.17) is 9.15 Å². The number of rotatable bonds is 2. The van der Waals surface area contributed by atoms with Gasteiger partial charge in [-0.05, 0) is 73.8 Å². The van der Waals surface area contributed by atoms with E-state index >= 15 is 0 Å². The number of thiophene rings is 3. The monoisotopic (exact) mass is 726 g/mol. The van der Waals surface area contributed by atoms with Crippen LogP contribution < -0.4 is 0 Å². The predicted molar refractivity (Wildman–Crippen MR) is 146 cm³/mol. The van der Waals surface area contributed by atoms with Gasteiger partial charge < -0.3 is 9.15 Å². The third kappa shape index (κ3) is 3.01. The average molecular weight is 730 g/mol. The zero-order valence-electron chi connectivity index (χ0n) is 15.3. The van der Waals surface area contributed by atoms with Gasteiger partial charge in [0.25, 0.3) is 0 Å². The van der Waals surface area contributed by atoms with Gasteiger partial charge in [-0.3, -0.25) is 0 Å². The van der Waals surface area contributed by atoms with Gasteiger partial charge in [-0.2, -0.15) is 0 Å². The lowest BCUT2D eigenvalue weighted by Gasteiger charge is -2.09. The Bertz CT molecular complexity index is 1430. The minimum Gasteiger partial charge on any atom is -0.489 e. The van der Waals surface area contributed by atoms with Crippen LogP contribution in [0.2, 0.25) is 0 Å². The van der Waals surface area contributed by atoms with Crippen molar-refractivity contribution in [3.63, 3.8) is 0 Å². The first-order valence-electron chi connectivity index (χ1n) is 8.84. The van der Waals surface area contributed by atoms with Crippen LogP contribution in [0.15, 0.2) is 40.2 Å². The highest BCUT2D eigenvalue weighted by Gasteiger charge is 2.40. The van der Waals surface area contributed by atoms with Gasteiger partial charge in [0.1, 0.15) is 11.9 Å². The topological polar surface area (TPSA) is 22.4 Å². The van der Waals surface area contributed by atoms with E-state index in [0.29, 0.717) is 5.25 Å². The molecule has 6 rings (SSSR count). The Balaban J connectivity index is 1.46. The lowest BCUT2D eigenvalue weighted by atomic mass is 10.2. The summed E-state index contributed by atoms with van der Waals surface area (Å²) < 4.78 is 20.1. The van der Waals surface area contributed by atoms with E-state index < -0.39 is 0 Å². The maximum Gasteiger partial charge on any atom is 0.159 e. The fourth-order valence-electron chi connectivity index (χ4n) is 3.70. The van der Waals surface area contributed by atoms with Gasteiger partial charge in [-0.1, -0.05) is 15.9 Å². The summed E-state index contributed by atoms with van der Waals surface area (Å²) in [6.45, 7) is 4.01. The van der Waals surface area contributed by atoms with Gasteiger partial charge in [-0.25, -0.2) is 0 Å². The molecule has 0 aliphatic carbocycles. The van der Waals surface area contributed by atoms with Crippen molar-refractivity contribution in [1.29, 1.82) is 0 Å². The highest BCUT2D eigenvalue weighted by Crippen LogP contribution is 2.59. The van der Waals surface area contributed by atoms with Crippen molar-refractivity contribution in [1.82, 2.24) is 0 Å². The summed E-state index contributed by atoms with van der Waals surface area (Å²) in [6, 6.07) is 2.10. The maximum atomic E-state index is 5.99. The third-order valence-corrected chi connectivity index (χ3v) is 15.0. The van der Waals surface area contributed by atoms with Crippen LogP contribution in [0.25, 0.3) is 34.3 Å². The van der Waals surface area contributed by atoms with E-state index in [1.54, 1.807) is 11.3 Å². The van der Waals surface area contributed by atoms with Gasteiger partial charge in [0.2, 0.25) is 0 Å². The Hall–Kier alpha value is 0.450. The standard InChI is InChI=1S/C20H10Br4O2S4/c1-5-3-7-13(25-5)9(21)15(27-7)17-11(23)19-20(29-17)12(24)18(30-19)16-10(22)14-8(28-16)4-6(2)26-14/h3-4,7,13H,1-2H3. The van der Waals surface area contributed by atoms with Gasteiger partial charge in [-0.15, -0.1) is 45.8 Å². The normalized spacial score (nSPS) is 21.2. The van der Waals surface area contributed by atoms with Crippen molar-refractivity contribution in [3.05, 3.63) is 46.4 Å². The largest absolute Gasteiger partial charge is 0.489 e. The van der Waals surface area contributed by atoms with Crippen molar-refractivity contribution in [3.8, 4) is 9.75 Å². The predicted octanol–water partition coefficient (Wildman–Crippen LogP) is 10.5. The number of thioether (sulfide) groups is 1. The molecule has 2 aliphatic rings. The van der Waals surface area contributed by atoms with E-state index in [2.05, 4.69) is 75.9 Å². The Labute approximate surface area is 222 Å². The van der Waals surface area contributed by atoms with Gasteiger partial charge >= 0.3 is 0 Å². The molecule has 0 N–H and O–H groups in total. The summed E-state index contributed by atoms with van der Waals surface area (Å²) in [6.07, 6.45) is 2.31. The molecule has 10 heteroatoms. The number of allylic oxidation sites excluding steroid dienone is 1. The molecule has 4 aromatic heterocycles. The lowest BCUT2D eigenvalue weighted by molar-refractivity contribution is 0.188. The zero-order chi connectivity index (χ0) is 20.9. The Morgan fingerprint density at radius 2 is 1.53 bits per heavy atom. The van der Waals surface area contributed by atoms with E-state index in [0.717, 1.165) is 35.0 Å². The Morgan fingerprint density at radius 1 is 0.867 bits per heavy atom. The molecule has 154 valence electrons. The van der Waals surface area contributed by atoms with Crippen molar-refractivity contribution in [2.24, 2.45) is 0 Å². The fraction of sp³-hybridized carbons (Fsp3) is 0.200. The second-order valence-electron chi connectivity index (χ2n) is 7.02. The SMILES string of the molecule is CC1=CC2SC(c3sc4c(Br)c(-c5sc6cc(C)oc6c5Br)sc4c3Br)=C(Br)C2O1. The van der Waals surface area contributed by atoms with Gasteiger partial charge in [0.15, 0.2) is 5.58 Å². The molecule has 6 heterocycles. The molecule has 0 radical (unpaired) electrons. The second kappa shape index (κ2) is 7.48. The van der Waals surface area contributed by atoms with E-state index in [1.807, 2.05) is 48.3 Å². The molecule has 0 saturated carbocycles. The lowest BCUT2D eigenvalue weighted by Crippen LogP contribution is -2.13. The molecule has 0 fully saturated rings. The summed E-state index contributed by atoms with van der Waals surface area (Å²) in [5, 5.41) is 0.349. The van der Waals surface area contributed by atoms with Crippen LogP contribution in [0, 0.1) is 6.92 Å². The first kappa shape index (κ1) is 21.0. The number of hydrogen-bond donors (Lipinski definition) is 0. The summed E-state index contributed by atoms with van der Waals surface area (Å²) >= 11 is 22.7. The minimum absolute atomic E-state index is 0.0945. The van der Waals surface area contributed by atoms with Crippen molar-refractivity contribution < 1.29 is 9.15 Å². The molecule has 2 aliphatic heterocycles. The number of fused-ring (bicyclic) bond motifs is 3. The third-order valence-electron chi connectivity index (χ3n) is 4.99. The summed E-state index contributed by atoms with van der Waals surface area (Å²) in [5.41, 5.74) is 0.933. The average Bonchev–Trinajstić information content (AvgIpc) is 3.49. The molecular formula is C20H10Br4O2S4. The van der Waals surface area contributed by atoms with Crippen LogP contribution in [-0.4, -0.2) is 11.4 Å². The second-order valence-corrected chi connectivity index (χ2v) is 14.5. The van der Waals surface area contributed by atoms with Gasteiger partial charge in [0, 0.05) is 4.91 Å². The molecule has 2 nitrogen and oxygen atoms in total. The smallest absolute Gasteiger partial charge is 0.159 e. The van der Waals surface area contributed by atoms with Crippen LogP contribution in [0.4, 0.5) is 0 Å². The summed E-state index contributed by atoms with van der Waals surface area (Å²) in [7, 11) is 0. The molecule has 2 atom stereocenters. The van der Waals surface area contributed by atoms with Gasteiger partial charge in [0.05, 0.1) is 57.6 Å². The molecule has 0 spiro atoms. The fourth-order valence-corrected chi connectivity index (χ4v) is 13.4. The molecule has 0 bridgehead atoms. The maximum absolute atomic E-state index is 5.99. The van der Waals surface area contributed by atoms with Crippen LogP contribution in [-0.2, 0) is 4.74 Å². The highest BCUT2D eigenvalue weighted by molar-refractivity contribution is 9.12. The van der Waals surface area contributed by atoms with Crippen LogP contribution >= 0.6 is 109 Å². The summed E-state index contributed by atoms with van der Waals surface area (Å²) in [4.78, 5) is 4.97. The minimum atomic E-state index is 0.0945. The molecule has 0 saturated heterocycles. The molecule has 0 amide bonds. The van der Waals surface area contributed by atoms with E-state index in [9.17, 15) is 0 Å². The van der Waals surface area contributed by atoms with Crippen molar-refractivity contribution in [2.75, 3.05) is 0 Å². The summed E-state index contributed by atoms with van der Waals surface area (Å²) in [5.74, 6) is 1.95. The van der Waals surface area contributed by atoms with E-state index in [-0.39, 0.29) is 6.10 Å². The number of hydrogen-bond acceptors (Lipinski definition) is 6. The van der Waals surface area contributed by atoms with Crippen LogP contribution in [0.5, 0.6) is 0 Å². The number of halogens is 4.